The third-order valence-corrected chi connectivity index (χ3v) is 5.30. The van der Waals surface area contributed by atoms with Gasteiger partial charge < -0.3 is 20.0 Å². The number of hydrogen-bond acceptors (Lipinski definition) is 4. The average molecular weight is 396 g/mol. The Kier molecular flexibility index (Phi) is 7.87. The molecule has 6 nitrogen and oxygen atoms in total. The number of amides is 2. The Balaban J connectivity index is 1.58. The number of benzene rings is 1. The summed E-state index contributed by atoms with van der Waals surface area (Å²) < 4.78 is 0. The van der Waals surface area contributed by atoms with Crippen molar-refractivity contribution in [3.05, 3.63) is 54.2 Å². The van der Waals surface area contributed by atoms with Crippen molar-refractivity contribution in [1.82, 2.24) is 14.8 Å². The first-order valence-corrected chi connectivity index (χ1v) is 10.6. The van der Waals surface area contributed by atoms with Crippen LogP contribution in [0.5, 0.6) is 0 Å². The topological polar surface area (TPSA) is 51.7 Å². The number of likely N-dealkylation sites (N-methyl/N-ethyl adjacent to an activating group) is 1. The number of hydrogen-bond donors (Lipinski definition) is 1. The molecule has 2 amide bonds. The zero-order valence-corrected chi connectivity index (χ0v) is 17.7. The molecule has 1 N–H and O–H groups in total. The zero-order valence-electron chi connectivity index (χ0n) is 17.7. The lowest BCUT2D eigenvalue weighted by Crippen LogP contribution is -2.40. The number of piperidine rings is 1. The molecule has 1 fully saturated rings. The van der Waals surface area contributed by atoms with E-state index >= 15 is 0 Å². The summed E-state index contributed by atoms with van der Waals surface area (Å²) in [6, 6.07) is 14.2. The first kappa shape index (κ1) is 21.1. The molecule has 1 saturated heterocycles. The Morgan fingerprint density at radius 1 is 1.00 bits per heavy atom. The number of carbonyl (C=O) groups is 1. The number of aromatic nitrogens is 1. The molecule has 2 aromatic rings. The number of nitrogens with one attached hydrogen (secondary N) is 1. The van der Waals surface area contributed by atoms with E-state index in [1.54, 1.807) is 6.20 Å². The second kappa shape index (κ2) is 10.8. The Bertz CT molecular complexity index is 742. The summed E-state index contributed by atoms with van der Waals surface area (Å²) in [6.45, 7) is 4.33. The molecule has 0 unspecified atom stereocenters. The molecular weight excluding hydrogens is 362 g/mol. The third-order valence-electron chi connectivity index (χ3n) is 5.30. The Morgan fingerprint density at radius 3 is 2.41 bits per heavy atom. The van der Waals surface area contributed by atoms with Crippen LogP contribution in [0.2, 0.25) is 0 Å². The van der Waals surface area contributed by atoms with Gasteiger partial charge in [0.05, 0.1) is 11.9 Å². The summed E-state index contributed by atoms with van der Waals surface area (Å²) in [7, 11) is 4.05. The largest absolute Gasteiger partial charge is 0.357 e. The van der Waals surface area contributed by atoms with Crippen molar-refractivity contribution in [3.63, 3.8) is 0 Å². The van der Waals surface area contributed by atoms with E-state index in [4.69, 9.17) is 0 Å². The lowest BCUT2D eigenvalue weighted by atomic mass is 10.1. The van der Waals surface area contributed by atoms with Crippen molar-refractivity contribution in [2.45, 2.75) is 25.7 Å². The molecule has 0 aliphatic carbocycles. The second-order valence-corrected chi connectivity index (χ2v) is 7.91. The summed E-state index contributed by atoms with van der Waals surface area (Å²) in [4.78, 5) is 23.8. The van der Waals surface area contributed by atoms with Gasteiger partial charge in [0.1, 0.15) is 5.82 Å². The minimum Gasteiger partial charge on any atom is -0.357 e. The molecule has 0 spiro atoms. The molecule has 1 aliphatic heterocycles. The van der Waals surface area contributed by atoms with Gasteiger partial charge in [0.2, 0.25) is 0 Å². The molecular formula is C23H33N5O. The van der Waals surface area contributed by atoms with Crippen LogP contribution in [0.4, 0.5) is 16.3 Å². The van der Waals surface area contributed by atoms with Gasteiger partial charge in [-0.1, -0.05) is 30.3 Å². The third kappa shape index (κ3) is 6.75. The number of carbonyl (C=O) groups excluding carboxylic acids is 1. The van der Waals surface area contributed by atoms with E-state index in [2.05, 4.69) is 32.2 Å². The fourth-order valence-electron chi connectivity index (χ4n) is 3.52. The first-order chi connectivity index (χ1) is 14.1. The molecule has 29 heavy (non-hydrogen) atoms. The van der Waals surface area contributed by atoms with Gasteiger partial charge in [-0.15, -0.1) is 0 Å². The predicted octanol–water partition coefficient (Wildman–Crippen LogP) is 3.71. The fourth-order valence-corrected chi connectivity index (χ4v) is 3.52. The maximum atomic E-state index is 12.9. The molecule has 156 valence electrons. The molecule has 6 heteroatoms. The van der Waals surface area contributed by atoms with E-state index in [1.165, 1.54) is 24.8 Å². The van der Waals surface area contributed by atoms with Crippen molar-refractivity contribution in [1.29, 1.82) is 0 Å². The van der Waals surface area contributed by atoms with Crippen molar-refractivity contribution < 1.29 is 4.79 Å². The zero-order chi connectivity index (χ0) is 20.5. The molecule has 0 saturated carbocycles. The van der Waals surface area contributed by atoms with E-state index in [9.17, 15) is 4.79 Å². The van der Waals surface area contributed by atoms with Gasteiger partial charge in [0.25, 0.3) is 0 Å². The van der Waals surface area contributed by atoms with E-state index in [1.807, 2.05) is 49.3 Å². The number of anilines is 2. The molecule has 0 radical (unpaired) electrons. The van der Waals surface area contributed by atoms with Gasteiger partial charge in [-0.2, -0.15) is 0 Å². The van der Waals surface area contributed by atoms with Crippen LogP contribution in [0, 0.1) is 0 Å². The smallest absolute Gasteiger partial charge is 0.321 e. The predicted molar refractivity (Wildman–Crippen MR) is 120 cm³/mol. The van der Waals surface area contributed by atoms with Gasteiger partial charge >= 0.3 is 6.03 Å². The van der Waals surface area contributed by atoms with Gasteiger partial charge in [0, 0.05) is 32.7 Å². The highest BCUT2D eigenvalue weighted by Gasteiger charge is 2.15. The van der Waals surface area contributed by atoms with E-state index in [0.717, 1.165) is 37.6 Å². The highest BCUT2D eigenvalue weighted by Crippen LogP contribution is 2.19. The van der Waals surface area contributed by atoms with Gasteiger partial charge in [-0.05, 0) is 57.5 Å². The highest BCUT2D eigenvalue weighted by atomic mass is 16.2. The van der Waals surface area contributed by atoms with Crippen molar-refractivity contribution >= 4 is 17.5 Å². The highest BCUT2D eigenvalue weighted by molar-refractivity contribution is 5.89. The van der Waals surface area contributed by atoms with E-state index in [-0.39, 0.29) is 6.03 Å². The number of urea groups is 1. The van der Waals surface area contributed by atoms with Crippen LogP contribution in [0.1, 0.15) is 24.8 Å². The standard InChI is InChI=1S/C23H33N5O/c1-26(2)17-18-28(16-13-20-9-5-3-6-10-20)23(29)25-21-11-12-22(24-19-21)27-14-7-4-8-15-27/h3,5-6,9-12,19H,4,7-8,13-18H2,1-2H3,(H,25,29). The van der Waals surface area contributed by atoms with Crippen molar-refractivity contribution in [2.75, 3.05) is 57.0 Å². The van der Waals surface area contributed by atoms with E-state index in [0.29, 0.717) is 13.1 Å². The van der Waals surface area contributed by atoms with Gasteiger partial charge in [0.15, 0.2) is 0 Å². The molecule has 1 aliphatic rings. The Labute approximate surface area is 174 Å². The van der Waals surface area contributed by atoms with Gasteiger partial charge in [-0.25, -0.2) is 9.78 Å². The minimum absolute atomic E-state index is 0.0738. The van der Waals surface area contributed by atoms with Crippen LogP contribution < -0.4 is 10.2 Å². The number of rotatable bonds is 8. The summed E-state index contributed by atoms with van der Waals surface area (Å²) in [5.74, 6) is 0.997. The summed E-state index contributed by atoms with van der Waals surface area (Å²) in [5.41, 5.74) is 1.98. The quantitative estimate of drug-likeness (QED) is 0.740. The number of pyridine rings is 1. The molecule has 0 bridgehead atoms. The average Bonchev–Trinajstić information content (AvgIpc) is 2.75. The Morgan fingerprint density at radius 2 is 1.76 bits per heavy atom. The lowest BCUT2D eigenvalue weighted by Gasteiger charge is -2.28. The summed E-state index contributed by atoms with van der Waals surface area (Å²) in [5, 5.41) is 3.02. The van der Waals surface area contributed by atoms with Crippen molar-refractivity contribution in [3.8, 4) is 0 Å². The van der Waals surface area contributed by atoms with Gasteiger partial charge in [-0.3, -0.25) is 0 Å². The van der Waals surface area contributed by atoms with Crippen molar-refractivity contribution in [2.24, 2.45) is 0 Å². The van der Waals surface area contributed by atoms with Crippen LogP contribution in [-0.4, -0.2) is 67.6 Å². The molecule has 1 aromatic heterocycles. The minimum atomic E-state index is -0.0738. The van der Waals surface area contributed by atoms with Crippen LogP contribution >= 0.6 is 0 Å². The monoisotopic (exact) mass is 395 g/mol. The maximum absolute atomic E-state index is 12.9. The summed E-state index contributed by atoms with van der Waals surface area (Å²) in [6.07, 6.45) is 6.36. The molecule has 0 atom stereocenters. The molecule has 3 rings (SSSR count). The lowest BCUT2D eigenvalue weighted by molar-refractivity contribution is 0.205. The SMILES string of the molecule is CN(C)CCN(CCc1ccccc1)C(=O)Nc1ccc(N2CCCCC2)nc1. The van der Waals surface area contributed by atoms with Crippen LogP contribution in [0.15, 0.2) is 48.7 Å². The number of nitrogens with zero attached hydrogens (tertiary/aromatic N) is 4. The van der Waals surface area contributed by atoms with Crippen LogP contribution in [-0.2, 0) is 6.42 Å². The van der Waals surface area contributed by atoms with E-state index < -0.39 is 0 Å². The first-order valence-electron chi connectivity index (χ1n) is 10.6. The second-order valence-electron chi connectivity index (χ2n) is 7.91. The van der Waals surface area contributed by atoms with Crippen LogP contribution in [0.3, 0.4) is 0 Å². The molecule has 1 aromatic carbocycles. The fraction of sp³-hybridized carbons (Fsp3) is 0.478. The Hall–Kier alpha value is -2.60. The maximum Gasteiger partial charge on any atom is 0.321 e. The summed E-state index contributed by atoms with van der Waals surface area (Å²) >= 11 is 0. The molecule has 2 heterocycles. The normalized spacial score (nSPS) is 14.1. The van der Waals surface area contributed by atoms with Crippen LogP contribution in [0.25, 0.3) is 0 Å².